The van der Waals surface area contributed by atoms with E-state index in [2.05, 4.69) is 30.2 Å². The third-order valence-corrected chi connectivity index (χ3v) is 5.98. The fourth-order valence-corrected chi connectivity index (χ4v) is 4.16. The van der Waals surface area contributed by atoms with Crippen LogP contribution in [0.5, 0.6) is 0 Å². The van der Waals surface area contributed by atoms with Crippen molar-refractivity contribution in [1.82, 2.24) is 29.5 Å². The van der Waals surface area contributed by atoms with Crippen molar-refractivity contribution in [1.29, 1.82) is 0 Å². The molecular weight excluding hydrogens is 492 g/mol. The minimum Gasteiger partial charge on any atom is -0.358 e. The first-order valence-corrected chi connectivity index (χ1v) is 10.7. The number of H-pyrrole nitrogens is 1. The molecule has 2 N–H and O–H groups in total. The molecule has 0 saturated carbocycles. The summed E-state index contributed by atoms with van der Waals surface area (Å²) in [6.07, 6.45) is 2.88. The molecule has 3 aromatic heterocycles. The highest BCUT2D eigenvalue weighted by atomic mass is 35.5. The smallest absolute Gasteiger partial charge is 0.267 e. The van der Waals surface area contributed by atoms with Crippen LogP contribution in [0, 0.1) is 5.82 Å². The Morgan fingerprint density at radius 1 is 1.12 bits per heavy atom. The van der Waals surface area contributed by atoms with E-state index in [0.717, 1.165) is 6.07 Å². The Labute approximate surface area is 200 Å². The number of aromatic nitrogens is 6. The highest BCUT2D eigenvalue weighted by Crippen LogP contribution is 2.30. The average Bonchev–Trinajstić information content (AvgIpc) is 3.28. The second kappa shape index (κ2) is 8.26. The molecule has 8 nitrogen and oxygen atoms in total. The molecule has 5 aromatic rings. The third kappa shape index (κ3) is 3.68. The Hall–Kier alpha value is -3.27. The summed E-state index contributed by atoms with van der Waals surface area (Å²) in [5.74, 6) is -0.0155. The molecular formula is C21H13Cl3FN7O. The van der Waals surface area contributed by atoms with Crippen LogP contribution in [0.1, 0.15) is 18.8 Å². The Balaban J connectivity index is 1.77. The van der Waals surface area contributed by atoms with Crippen molar-refractivity contribution < 1.29 is 4.39 Å². The molecule has 2 aromatic carbocycles. The molecule has 33 heavy (non-hydrogen) atoms. The summed E-state index contributed by atoms with van der Waals surface area (Å²) in [4.78, 5) is 33.8. The minimum atomic E-state index is -0.729. The molecule has 0 aliphatic heterocycles. The van der Waals surface area contributed by atoms with E-state index in [1.165, 1.54) is 29.4 Å². The minimum absolute atomic E-state index is 0.0691. The lowest BCUT2D eigenvalue weighted by Crippen LogP contribution is -2.28. The highest BCUT2D eigenvalue weighted by Gasteiger charge is 2.23. The maximum atomic E-state index is 14.2. The zero-order valence-electron chi connectivity index (χ0n) is 16.8. The van der Waals surface area contributed by atoms with Crippen molar-refractivity contribution in [2.75, 3.05) is 5.32 Å². The maximum Gasteiger partial charge on any atom is 0.267 e. The van der Waals surface area contributed by atoms with Gasteiger partial charge in [0.1, 0.15) is 23.5 Å². The first kappa shape index (κ1) is 21.6. The molecule has 1 unspecified atom stereocenters. The lowest BCUT2D eigenvalue weighted by Gasteiger charge is -2.21. The van der Waals surface area contributed by atoms with Crippen LogP contribution in [0.15, 0.2) is 47.8 Å². The number of hydrogen-bond donors (Lipinski definition) is 2. The van der Waals surface area contributed by atoms with Crippen molar-refractivity contribution in [3.05, 3.63) is 80.0 Å². The van der Waals surface area contributed by atoms with Crippen LogP contribution in [0.2, 0.25) is 15.1 Å². The van der Waals surface area contributed by atoms with Crippen LogP contribution in [-0.2, 0) is 0 Å². The first-order valence-electron chi connectivity index (χ1n) is 9.62. The number of nitrogens with zero attached hydrogens (tertiary/aromatic N) is 5. The molecule has 166 valence electrons. The number of halogens is 4. The summed E-state index contributed by atoms with van der Waals surface area (Å²) in [5, 5.41) is 3.42. The summed E-state index contributed by atoms with van der Waals surface area (Å²) < 4.78 is 15.4. The van der Waals surface area contributed by atoms with Crippen molar-refractivity contribution in [3.8, 4) is 5.69 Å². The van der Waals surface area contributed by atoms with Gasteiger partial charge in [-0.25, -0.2) is 24.3 Å². The van der Waals surface area contributed by atoms with Gasteiger partial charge in [0.25, 0.3) is 5.56 Å². The molecule has 3 heterocycles. The summed E-state index contributed by atoms with van der Waals surface area (Å²) in [6, 6.07) is 6.66. The van der Waals surface area contributed by atoms with Gasteiger partial charge < -0.3 is 10.3 Å². The van der Waals surface area contributed by atoms with E-state index in [1.807, 2.05) is 0 Å². The Morgan fingerprint density at radius 2 is 1.94 bits per heavy atom. The molecule has 0 bridgehead atoms. The number of benzene rings is 2. The van der Waals surface area contributed by atoms with Crippen LogP contribution in [0.3, 0.4) is 0 Å². The number of aromatic amines is 1. The fraction of sp³-hybridized carbons (Fsp3) is 0.0952. The monoisotopic (exact) mass is 503 g/mol. The second-order valence-corrected chi connectivity index (χ2v) is 8.37. The van der Waals surface area contributed by atoms with Gasteiger partial charge in [-0.1, -0.05) is 34.8 Å². The van der Waals surface area contributed by atoms with Gasteiger partial charge >= 0.3 is 0 Å². The van der Waals surface area contributed by atoms with Gasteiger partial charge in [0, 0.05) is 5.02 Å². The largest absolute Gasteiger partial charge is 0.358 e. The molecule has 0 amide bonds. The normalized spacial score (nSPS) is 12.4. The van der Waals surface area contributed by atoms with Crippen molar-refractivity contribution in [2.24, 2.45) is 0 Å². The number of hydrogen-bond acceptors (Lipinski definition) is 6. The van der Waals surface area contributed by atoms with E-state index >= 15 is 0 Å². The van der Waals surface area contributed by atoms with Crippen molar-refractivity contribution in [2.45, 2.75) is 13.0 Å². The van der Waals surface area contributed by atoms with E-state index in [9.17, 15) is 9.18 Å². The summed E-state index contributed by atoms with van der Waals surface area (Å²) in [7, 11) is 0. The van der Waals surface area contributed by atoms with Crippen LogP contribution in [-0.4, -0.2) is 29.5 Å². The third-order valence-electron chi connectivity index (χ3n) is 5.06. The topological polar surface area (TPSA) is 101 Å². The Bertz CT molecular complexity index is 1600. The maximum absolute atomic E-state index is 14.2. The predicted octanol–water partition coefficient (Wildman–Crippen LogP) is 5.32. The fourth-order valence-electron chi connectivity index (χ4n) is 3.55. The molecule has 0 fully saturated rings. The van der Waals surface area contributed by atoms with Gasteiger partial charge in [-0.3, -0.25) is 9.36 Å². The van der Waals surface area contributed by atoms with Gasteiger partial charge in [0.2, 0.25) is 0 Å². The van der Waals surface area contributed by atoms with Gasteiger partial charge in [-0.05, 0) is 37.3 Å². The standard InChI is InChI=1S/C21H13Cl3FN7O/c1-9(30-19-17-18(27-7-26-17)28-8-29-19)20-31-13-5-4-12(25)16(24)15(13)21(33)32(20)14-6-10(22)2-3-11(14)23/h2-9H,1H3,(H2,26,27,28,29,30). The number of imidazole rings is 1. The molecule has 0 spiro atoms. The number of anilines is 1. The van der Waals surface area contributed by atoms with E-state index in [-0.39, 0.29) is 32.5 Å². The first-order chi connectivity index (χ1) is 15.8. The summed E-state index contributed by atoms with van der Waals surface area (Å²) in [6.45, 7) is 1.79. The predicted molar refractivity (Wildman–Crippen MR) is 126 cm³/mol. The van der Waals surface area contributed by atoms with Crippen LogP contribution >= 0.6 is 34.8 Å². The SMILES string of the molecule is CC(Nc1ncnc2[nH]cnc12)c1nc2ccc(F)c(Cl)c2c(=O)n1-c1cc(Cl)ccc1Cl. The Morgan fingerprint density at radius 3 is 2.76 bits per heavy atom. The van der Waals surface area contributed by atoms with Crippen molar-refractivity contribution in [3.63, 3.8) is 0 Å². The van der Waals surface area contributed by atoms with Gasteiger partial charge in [0.15, 0.2) is 11.5 Å². The molecule has 0 saturated heterocycles. The Kier molecular flexibility index (Phi) is 5.40. The van der Waals surface area contributed by atoms with E-state index in [1.54, 1.807) is 19.1 Å². The van der Waals surface area contributed by atoms with E-state index < -0.39 is 17.4 Å². The van der Waals surface area contributed by atoms with Gasteiger partial charge in [-0.15, -0.1) is 0 Å². The second-order valence-electron chi connectivity index (χ2n) is 7.15. The van der Waals surface area contributed by atoms with Gasteiger partial charge in [-0.2, -0.15) is 0 Å². The average molecular weight is 505 g/mol. The van der Waals surface area contributed by atoms with E-state index in [4.69, 9.17) is 34.8 Å². The molecule has 0 radical (unpaired) electrons. The number of rotatable bonds is 4. The van der Waals surface area contributed by atoms with E-state index in [0.29, 0.717) is 22.0 Å². The lowest BCUT2D eigenvalue weighted by molar-refractivity contribution is 0.629. The van der Waals surface area contributed by atoms with Gasteiger partial charge in [0.05, 0.1) is 39.0 Å². The van der Waals surface area contributed by atoms with Crippen LogP contribution in [0.25, 0.3) is 27.8 Å². The summed E-state index contributed by atoms with van der Waals surface area (Å²) >= 11 is 18.7. The highest BCUT2D eigenvalue weighted by molar-refractivity contribution is 6.35. The van der Waals surface area contributed by atoms with Crippen LogP contribution < -0.4 is 10.9 Å². The molecule has 0 aliphatic carbocycles. The molecule has 0 aliphatic rings. The van der Waals surface area contributed by atoms with Crippen LogP contribution in [0.4, 0.5) is 10.2 Å². The number of nitrogens with one attached hydrogen (secondary N) is 2. The molecule has 5 rings (SSSR count). The zero-order chi connectivity index (χ0) is 23.3. The quantitative estimate of drug-likeness (QED) is 0.343. The lowest BCUT2D eigenvalue weighted by atomic mass is 10.2. The zero-order valence-corrected chi connectivity index (χ0v) is 19.0. The summed E-state index contributed by atoms with van der Waals surface area (Å²) in [5.41, 5.74) is 0.982. The number of fused-ring (bicyclic) bond motifs is 2. The molecule has 12 heteroatoms. The molecule has 1 atom stereocenters. The van der Waals surface area contributed by atoms with Crippen molar-refractivity contribution >= 4 is 62.7 Å².